The second-order valence-corrected chi connectivity index (χ2v) is 9.83. The lowest BCUT2D eigenvalue weighted by molar-refractivity contribution is 0.382. The summed E-state index contributed by atoms with van der Waals surface area (Å²) in [5.41, 5.74) is 2.03. The van der Waals surface area contributed by atoms with E-state index in [2.05, 4.69) is 9.97 Å². The number of aryl methyl sites for hydroxylation is 1. The molecule has 0 spiro atoms. The molecule has 8 nitrogen and oxygen atoms in total. The second kappa shape index (κ2) is 8.39. The molecule has 1 saturated heterocycles. The lowest BCUT2D eigenvalue weighted by atomic mass is 10.2. The summed E-state index contributed by atoms with van der Waals surface area (Å²) in [6.45, 7) is 7.28. The predicted octanol–water partition coefficient (Wildman–Crippen LogP) is 2.45. The monoisotopic (exact) mass is 441 g/mol. The van der Waals surface area contributed by atoms with Crippen molar-refractivity contribution in [3.05, 3.63) is 58.6 Å². The molecule has 1 aromatic carbocycles. The van der Waals surface area contributed by atoms with Gasteiger partial charge in [0.2, 0.25) is 10.0 Å². The Morgan fingerprint density at radius 1 is 1.06 bits per heavy atom. The first-order chi connectivity index (χ1) is 14.8. The van der Waals surface area contributed by atoms with Crippen LogP contribution in [-0.4, -0.2) is 53.4 Å². The van der Waals surface area contributed by atoms with E-state index in [4.69, 9.17) is 0 Å². The van der Waals surface area contributed by atoms with Crippen LogP contribution in [0.4, 0.5) is 5.82 Å². The number of benzene rings is 1. The number of nitrogens with zero attached hydrogens (tertiary/aromatic N) is 5. The number of aromatic nitrogens is 3. The van der Waals surface area contributed by atoms with E-state index in [1.165, 1.54) is 4.31 Å². The van der Waals surface area contributed by atoms with Gasteiger partial charge in [-0.1, -0.05) is 25.1 Å². The fourth-order valence-corrected chi connectivity index (χ4v) is 5.80. The molecule has 9 heteroatoms. The molecular weight excluding hydrogens is 414 g/mol. The van der Waals surface area contributed by atoms with Gasteiger partial charge >= 0.3 is 0 Å². The van der Waals surface area contributed by atoms with Crippen molar-refractivity contribution in [2.24, 2.45) is 0 Å². The first-order valence-electron chi connectivity index (χ1n) is 10.5. The Balaban J connectivity index is 1.63. The van der Waals surface area contributed by atoms with Crippen LogP contribution in [0.1, 0.15) is 32.4 Å². The van der Waals surface area contributed by atoms with Gasteiger partial charge in [-0.25, -0.2) is 13.4 Å². The van der Waals surface area contributed by atoms with E-state index < -0.39 is 10.0 Å². The molecule has 0 saturated carbocycles. The summed E-state index contributed by atoms with van der Waals surface area (Å²) < 4.78 is 29.6. The molecule has 3 aromatic rings. The van der Waals surface area contributed by atoms with Crippen molar-refractivity contribution in [2.45, 2.75) is 38.1 Å². The van der Waals surface area contributed by atoms with E-state index in [1.54, 1.807) is 35.2 Å². The minimum Gasteiger partial charge on any atom is -0.349 e. The van der Waals surface area contributed by atoms with E-state index in [1.807, 2.05) is 37.8 Å². The van der Waals surface area contributed by atoms with Crippen molar-refractivity contribution in [3.63, 3.8) is 0 Å². The van der Waals surface area contributed by atoms with Crippen LogP contribution in [0.15, 0.2) is 52.4 Å². The van der Waals surface area contributed by atoms with E-state index in [0.717, 1.165) is 5.56 Å². The molecule has 0 N–H and O–H groups in total. The zero-order valence-electron chi connectivity index (χ0n) is 18.0. The summed E-state index contributed by atoms with van der Waals surface area (Å²) in [5, 5.41) is 0. The van der Waals surface area contributed by atoms with Crippen molar-refractivity contribution < 1.29 is 8.42 Å². The normalized spacial score (nSPS) is 15.7. The smallest absolute Gasteiger partial charge is 0.294 e. The van der Waals surface area contributed by atoms with Crippen molar-refractivity contribution in [2.75, 3.05) is 31.1 Å². The van der Waals surface area contributed by atoms with Gasteiger partial charge in [0, 0.05) is 38.4 Å². The first-order valence-corrected chi connectivity index (χ1v) is 12.0. The number of sulfonamides is 1. The molecule has 31 heavy (non-hydrogen) atoms. The van der Waals surface area contributed by atoms with Crippen molar-refractivity contribution in [3.8, 4) is 0 Å². The minimum atomic E-state index is -3.58. The van der Waals surface area contributed by atoms with E-state index in [-0.39, 0.29) is 11.6 Å². The largest absolute Gasteiger partial charge is 0.349 e. The van der Waals surface area contributed by atoms with Crippen LogP contribution < -0.4 is 10.5 Å². The van der Waals surface area contributed by atoms with Gasteiger partial charge in [-0.3, -0.25) is 14.3 Å². The fraction of sp³-hybridized carbons (Fsp3) is 0.409. The lowest BCUT2D eigenvalue weighted by Crippen LogP contribution is -2.50. The summed E-state index contributed by atoms with van der Waals surface area (Å²) in [6, 6.07) is 8.88. The molecule has 0 bridgehead atoms. The molecule has 2 aromatic heterocycles. The highest BCUT2D eigenvalue weighted by molar-refractivity contribution is 7.89. The Bertz CT molecular complexity index is 1260. The minimum absolute atomic E-state index is 0.0480. The highest BCUT2D eigenvalue weighted by atomic mass is 32.2. The van der Waals surface area contributed by atoms with E-state index >= 15 is 0 Å². The Morgan fingerprint density at radius 3 is 2.45 bits per heavy atom. The van der Waals surface area contributed by atoms with Gasteiger partial charge in [-0.15, -0.1) is 0 Å². The maximum Gasteiger partial charge on any atom is 0.294 e. The molecule has 0 atom stereocenters. The van der Waals surface area contributed by atoms with E-state index in [9.17, 15) is 13.2 Å². The Morgan fingerprint density at radius 2 is 1.77 bits per heavy atom. The maximum absolute atomic E-state index is 13.2. The van der Waals surface area contributed by atoms with Crippen LogP contribution in [0.25, 0.3) is 11.0 Å². The van der Waals surface area contributed by atoms with Gasteiger partial charge in [0.05, 0.1) is 22.1 Å². The van der Waals surface area contributed by atoms with Crippen LogP contribution in [0.5, 0.6) is 0 Å². The number of pyridine rings is 1. The SMILES string of the molecule is CCc1ccccc1S(=O)(=O)N1CCN(c2nc3ccncc3n(C(C)C)c2=O)CC1. The lowest BCUT2D eigenvalue weighted by Gasteiger charge is -2.35. The number of anilines is 1. The van der Waals surface area contributed by atoms with Gasteiger partial charge in [0.1, 0.15) is 0 Å². The number of hydrogen-bond acceptors (Lipinski definition) is 6. The Labute approximate surface area is 182 Å². The standard InChI is InChI=1S/C22H27N5O3S/c1-4-17-7-5-6-8-20(17)31(29,30)26-13-11-25(12-14-26)21-22(28)27(16(2)3)19-15-23-10-9-18(19)24-21/h5-10,15-16H,4,11-14H2,1-3H3. The van der Waals surface area contributed by atoms with Crippen molar-refractivity contribution >= 4 is 26.9 Å². The summed E-state index contributed by atoms with van der Waals surface area (Å²) in [5.74, 6) is 0.360. The number of rotatable bonds is 5. The topological polar surface area (TPSA) is 88.4 Å². The molecule has 4 rings (SSSR count). The summed E-state index contributed by atoms with van der Waals surface area (Å²) in [4.78, 5) is 24.2. The molecule has 3 heterocycles. The summed E-state index contributed by atoms with van der Waals surface area (Å²) in [6.07, 6.45) is 3.97. The van der Waals surface area contributed by atoms with Crippen LogP contribution in [0, 0.1) is 0 Å². The molecule has 1 aliphatic rings. The fourth-order valence-electron chi connectivity index (χ4n) is 4.08. The second-order valence-electron chi connectivity index (χ2n) is 7.92. The van der Waals surface area contributed by atoms with Crippen molar-refractivity contribution in [1.82, 2.24) is 18.8 Å². The molecule has 164 valence electrons. The van der Waals surface area contributed by atoms with Gasteiger partial charge in [0.15, 0.2) is 5.82 Å². The summed E-state index contributed by atoms with van der Waals surface area (Å²) >= 11 is 0. The Kier molecular flexibility index (Phi) is 5.81. The molecule has 1 aliphatic heterocycles. The zero-order chi connectivity index (χ0) is 22.2. The van der Waals surface area contributed by atoms with Crippen molar-refractivity contribution in [1.29, 1.82) is 0 Å². The molecular formula is C22H27N5O3S. The highest BCUT2D eigenvalue weighted by Crippen LogP contribution is 2.23. The van der Waals surface area contributed by atoms with Gasteiger partial charge in [-0.2, -0.15) is 4.31 Å². The zero-order valence-corrected chi connectivity index (χ0v) is 18.8. The maximum atomic E-state index is 13.2. The molecule has 0 aliphatic carbocycles. The molecule has 0 unspecified atom stereocenters. The van der Waals surface area contributed by atoms with Gasteiger partial charge in [0.25, 0.3) is 5.56 Å². The number of hydrogen-bond donors (Lipinski definition) is 0. The van der Waals surface area contributed by atoms with Crippen LogP contribution in [0.3, 0.4) is 0 Å². The molecule has 0 amide bonds. The van der Waals surface area contributed by atoms with E-state index in [0.29, 0.717) is 54.3 Å². The predicted molar refractivity (Wildman–Crippen MR) is 121 cm³/mol. The third-order valence-electron chi connectivity index (χ3n) is 5.70. The Hall–Kier alpha value is -2.78. The number of piperazine rings is 1. The van der Waals surface area contributed by atoms with Crippen LogP contribution >= 0.6 is 0 Å². The molecule has 1 fully saturated rings. The highest BCUT2D eigenvalue weighted by Gasteiger charge is 2.31. The average molecular weight is 442 g/mol. The first kappa shape index (κ1) is 21.5. The van der Waals surface area contributed by atoms with Crippen LogP contribution in [-0.2, 0) is 16.4 Å². The summed E-state index contributed by atoms with van der Waals surface area (Å²) in [7, 11) is -3.58. The number of fused-ring (bicyclic) bond motifs is 1. The molecule has 0 radical (unpaired) electrons. The van der Waals surface area contributed by atoms with Gasteiger partial charge in [-0.05, 0) is 38.0 Å². The van der Waals surface area contributed by atoms with Gasteiger partial charge < -0.3 is 4.90 Å². The van der Waals surface area contributed by atoms with Crippen LogP contribution in [0.2, 0.25) is 0 Å². The third-order valence-corrected chi connectivity index (χ3v) is 7.70. The quantitative estimate of drug-likeness (QED) is 0.604. The average Bonchev–Trinajstić information content (AvgIpc) is 2.78. The third kappa shape index (κ3) is 3.83.